The molecule has 0 aromatic heterocycles. The van der Waals surface area contributed by atoms with E-state index < -0.39 is 0 Å². The van der Waals surface area contributed by atoms with Crippen molar-refractivity contribution in [3.8, 4) is 0 Å². The Bertz CT molecular complexity index is 448. The van der Waals surface area contributed by atoms with Crippen molar-refractivity contribution in [2.45, 2.75) is 52.7 Å². The summed E-state index contributed by atoms with van der Waals surface area (Å²) in [7, 11) is 0. The Balaban J connectivity index is 2.10. The average Bonchev–Trinajstić information content (AvgIpc) is 2.40. The zero-order valence-electron chi connectivity index (χ0n) is 12.3. The number of rotatable bonds is 5. The molecule has 1 aliphatic rings. The molecule has 0 bridgehead atoms. The first-order chi connectivity index (χ1) is 9.01. The fraction of sp³-hybridized carbons (Fsp3) is 0.625. The highest BCUT2D eigenvalue weighted by molar-refractivity contribution is 5.49. The molecule has 3 heteroatoms. The Kier molecular flexibility index (Phi) is 4.14. The van der Waals surface area contributed by atoms with Gasteiger partial charge in [0.25, 0.3) is 0 Å². The molecule has 0 amide bonds. The van der Waals surface area contributed by atoms with Gasteiger partial charge in [-0.05, 0) is 44.4 Å². The van der Waals surface area contributed by atoms with Gasteiger partial charge in [0.15, 0.2) is 0 Å². The zero-order chi connectivity index (χ0) is 14.0. The summed E-state index contributed by atoms with van der Waals surface area (Å²) < 4.78 is 19.6. The molecule has 1 aromatic rings. The van der Waals surface area contributed by atoms with Gasteiger partial charge in [0.2, 0.25) is 0 Å². The third-order valence-corrected chi connectivity index (χ3v) is 4.56. The fourth-order valence-electron chi connectivity index (χ4n) is 2.91. The number of nitrogens with one attached hydrogen (secondary N) is 1. The van der Waals surface area contributed by atoms with Gasteiger partial charge in [-0.25, -0.2) is 4.39 Å². The molecule has 0 heterocycles. The maximum Gasteiger partial charge on any atom is 0.146 e. The van der Waals surface area contributed by atoms with Gasteiger partial charge in [-0.2, -0.15) is 0 Å². The van der Waals surface area contributed by atoms with E-state index in [9.17, 15) is 4.39 Å². The maximum atomic E-state index is 13.8. The first-order valence-corrected chi connectivity index (χ1v) is 7.15. The minimum atomic E-state index is -0.177. The SMILES string of the molecule is CCOC1CC(Nc2cc(C)ccc2F)C1(C)CC. The van der Waals surface area contributed by atoms with Crippen molar-refractivity contribution in [2.75, 3.05) is 11.9 Å². The highest BCUT2D eigenvalue weighted by Gasteiger charge is 2.51. The number of halogens is 1. The lowest BCUT2D eigenvalue weighted by Crippen LogP contribution is -2.59. The lowest BCUT2D eigenvalue weighted by atomic mass is 9.61. The minimum Gasteiger partial charge on any atom is -0.379 e. The number of benzene rings is 1. The van der Waals surface area contributed by atoms with Gasteiger partial charge >= 0.3 is 0 Å². The molecule has 0 aliphatic heterocycles. The van der Waals surface area contributed by atoms with E-state index in [-0.39, 0.29) is 23.4 Å². The predicted octanol–water partition coefficient (Wildman–Crippen LogP) is 4.14. The normalized spacial score (nSPS) is 29.9. The lowest BCUT2D eigenvalue weighted by molar-refractivity contribution is -0.109. The van der Waals surface area contributed by atoms with Crippen LogP contribution < -0.4 is 5.32 Å². The van der Waals surface area contributed by atoms with E-state index in [2.05, 4.69) is 19.2 Å². The highest BCUT2D eigenvalue weighted by atomic mass is 19.1. The van der Waals surface area contributed by atoms with Crippen LogP contribution in [0.4, 0.5) is 10.1 Å². The highest BCUT2D eigenvalue weighted by Crippen LogP contribution is 2.47. The van der Waals surface area contributed by atoms with Crippen LogP contribution >= 0.6 is 0 Å². The topological polar surface area (TPSA) is 21.3 Å². The Labute approximate surface area is 115 Å². The quantitative estimate of drug-likeness (QED) is 0.864. The summed E-state index contributed by atoms with van der Waals surface area (Å²) in [5, 5.41) is 3.36. The molecule has 0 radical (unpaired) electrons. The van der Waals surface area contributed by atoms with Crippen molar-refractivity contribution in [1.29, 1.82) is 0 Å². The van der Waals surface area contributed by atoms with Crippen molar-refractivity contribution in [3.05, 3.63) is 29.6 Å². The van der Waals surface area contributed by atoms with Gasteiger partial charge in [0.1, 0.15) is 5.82 Å². The predicted molar refractivity (Wildman–Crippen MR) is 77.0 cm³/mol. The molecule has 1 N–H and O–H groups in total. The smallest absolute Gasteiger partial charge is 0.146 e. The van der Waals surface area contributed by atoms with Crippen LogP contribution in [0.25, 0.3) is 0 Å². The minimum absolute atomic E-state index is 0.0895. The molecule has 1 aromatic carbocycles. The van der Waals surface area contributed by atoms with Gasteiger partial charge in [0.05, 0.1) is 11.8 Å². The molecule has 3 atom stereocenters. The second-order valence-electron chi connectivity index (χ2n) is 5.72. The Morgan fingerprint density at radius 2 is 2.16 bits per heavy atom. The second-order valence-corrected chi connectivity index (χ2v) is 5.72. The number of hydrogen-bond donors (Lipinski definition) is 1. The van der Waals surface area contributed by atoms with Crippen LogP contribution in [-0.4, -0.2) is 18.8 Å². The summed E-state index contributed by atoms with van der Waals surface area (Å²) in [4.78, 5) is 0. The molecule has 1 aliphatic carbocycles. The largest absolute Gasteiger partial charge is 0.379 e. The fourth-order valence-corrected chi connectivity index (χ4v) is 2.91. The monoisotopic (exact) mass is 265 g/mol. The van der Waals surface area contributed by atoms with Gasteiger partial charge in [-0.3, -0.25) is 0 Å². The summed E-state index contributed by atoms with van der Waals surface area (Å²) >= 11 is 0. The molecule has 2 nitrogen and oxygen atoms in total. The molecule has 19 heavy (non-hydrogen) atoms. The van der Waals surface area contributed by atoms with Crippen LogP contribution in [0.5, 0.6) is 0 Å². The first kappa shape index (κ1) is 14.3. The molecule has 1 saturated carbocycles. The number of hydrogen-bond acceptors (Lipinski definition) is 2. The molecular formula is C16H24FNO. The maximum absolute atomic E-state index is 13.8. The van der Waals surface area contributed by atoms with Crippen LogP contribution in [0.2, 0.25) is 0 Å². The number of aryl methyl sites for hydroxylation is 1. The summed E-state index contributed by atoms with van der Waals surface area (Å²) in [5.41, 5.74) is 1.77. The molecule has 0 saturated heterocycles. The number of ether oxygens (including phenoxy) is 1. The van der Waals surface area contributed by atoms with E-state index in [0.717, 1.165) is 25.0 Å². The van der Waals surface area contributed by atoms with Gasteiger partial charge < -0.3 is 10.1 Å². The summed E-state index contributed by atoms with van der Waals surface area (Å²) in [5.74, 6) is -0.177. The average molecular weight is 265 g/mol. The van der Waals surface area contributed by atoms with Gasteiger partial charge in [0, 0.05) is 18.1 Å². The molecule has 3 unspecified atom stereocenters. The Hall–Kier alpha value is -1.09. The summed E-state index contributed by atoms with van der Waals surface area (Å²) in [6, 6.07) is 5.48. The molecule has 1 fully saturated rings. The van der Waals surface area contributed by atoms with E-state index in [4.69, 9.17) is 4.74 Å². The lowest BCUT2D eigenvalue weighted by Gasteiger charge is -2.54. The molecular weight excluding hydrogens is 241 g/mol. The van der Waals surface area contributed by atoms with Crippen LogP contribution in [0.3, 0.4) is 0 Å². The van der Waals surface area contributed by atoms with Crippen LogP contribution in [0.1, 0.15) is 39.2 Å². The van der Waals surface area contributed by atoms with E-state index in [1.807, 2.05) is 19.9 Å². The third kappa shape index (κ3) is 2.62. The Morgan fingerprint density at radius 1 is 1.42 bits per heavy atom. The number of anilines is 1. The van der Waals surface area contributed by atoms with Crippen LogP contribution in [-0.2, 0) is 4.74 Å². The Morgan fingerprint density at radius 3 is 2.79 bits per heavy atom. The van der Waals surface area contributed by atoms with Gasteiger partial charge in [-0.1, -0.05) is 19.9 Å². The van der Waals surface area contributed by atoms with Gasteiger partial charge in [-0.15, -0.1) is 0 Å². The summed E-state index contributed by atoms with van der Waals surface area (Å²) in [6.07, 6.45) is 2.27. The van der Waals surface area contributed by atoms with Crippen LogP contribution in [0.15, 0.2) is 18.2 Å². The van der Waals surface area contributed by atoms with E-state index in [1.165, 1.54) is 6.07 Å². The first-order valence-electron chi connectivity index (χ1n) is 7.15. The second kappa shape index (κ2) is 5.49. The van der Waals surface area contributed by atoms with E-state index in [1.54, 1.807) is 6.07 Å². The molecule has 106 valence electrons. The van der Waals surface area contributed by atoms with E-state index >= 15 is 0 Å². The van der Waals surface area contributed by atoms with Crippen molar-refractivity contribution in [1.82, 2.24) is 0 Å². The van der Waals surface area contributed by atoms with Crippen molar-refractivity contribution < 1.29 is 9.13 Å². The third-order valence-electron chi connectivity index (χ3n) is 4.56. The zero-order valence-corrected chi connectivity index (χ0v) is 12.3. The molecule has 2 rings (SSSR count). The van der Waals surface area contributed by atoms with Crippen molar-refractivity contribution >= 4 is 5.69 Å². The van der Waals surface area contributed by atoms with Crippen molar-refractivity contribution in [2.24, 2.45) is 5.41 Å². The summed E-state index contributed by atoms with van der Waals surface area (Å²) in [6.45, 7) is 9.14. The standard InChI is InChI=1S/C16H24FNO/c1-5-16(4)14(10-15(16)19-6-2)18-13-9-11(3)7-8-12(13)17/h7-9,14-15,18H,5-6,10H2,1-4H3. The van der Waals surface area contributed by atoms with E-state index in [0.29, 0.717) is 5.69 Å². The molecule has 0 spiro atoms. The van der Waals surface area contributed by atoms with Crippen LogP contribution in [0, 0.1) is 18.2 Å². The van der Waals surface area contributed by atoms with Crippen molar-refractivity contribution in [3.63, 3.8) is 0 Å².